The summed E-state index contributed by atoms with van der Waals surface area (Å²) in [5.41, 5.74) is 0. The van der Waals surface area contributed by atoms with Crippen molar-refractivity contribution < 1.29 is 4.74 Å². The zero-order valence-corrected chi connectivity index (χ0v) is 22.1. The Morgan fingerprint density at radius 3 is 2.71 bits per heavy atom. The van der Waals surface area contributed by atoms with Gasteiger partial charge in [0.05, 0.1) is 3.63 Å². The first-order chi connectivity index (χ1) is 11.3. The minimum atomic E-state index is -1.05. The van der Waals surface area contributed by atoms with E-state index in [1.807, 2.05) is 13.0 Å². The van der Waals surface area contributed by atoms with Gasteiger partial charge in [-0.05, 0) is 52.6 Å². The first-order valence-corrected chi connectivity index (χ1v) is 16.5. The number of ether oxygens (including phenoxy) is 1. The van der Waals surface area contributed by atoms with E-state index in [9.17, 15) is 0 Å². The second-order valence-electron chi connectivity index (χ2n) is 6.84. The Morgan fingerprint density at radius 1 is 1.42 bits per heavy atom. The SMILES string of the molecule is C=C1I=C(CCCCI)N(COCC[Si](C)(C)C)C1=N/C(Br)=C\C. The predicted molar refractivity (Wildman–Crippen MR) is 132 cm³/mol. The third kappa shape index (κ3) is 8.55. The summed E-state index contributed by atoms with van der Waals surface area (Å²) in [5.74, 6) is 1.00. The quantitative estimate of drug-likeness (QED) is 0.0899. The minimum absolute atomic E-state index is 0.172. The molecule has 0 fully saturated rings. The number of halogens is 3. The van der Waals surface area contributed by atoms with Crippen molar-refractivity contribution in [1.29, 1.82) is 0 Å². The van der Waals surface area contributed by atoms with Gasteiger partial charge in [0.15, 0.2) is 0 Å². The Balaban J connectivity index is 2.77. The Kier molecular flexibility index (Phi) is 11.1. The topological polar surface area (TPSA) is 24.8 Å². The van der Waals surface area contributed by atoms with E-state index >= 15 is 0 Å². The summed E-state index contributed by atoms with van der Waals surface area (Å²) in [6.45, 7) is 14.9. The third-order valence-electron chi connectivity index (χ3n) is 3.45. The van der Waals surface area contributed by atoms with E-state index in [4.69, 9.17) is 9.73 Å². The first kappa shape index (κ1) is 23.0. The van der Waals surface area contributed by atoms with Crippen LogP contribution in [0, 0.1) is 0 Å². The van der Waals surface area contributed by atoms with Gasteiger partial charge in [-0.1, -0.05) is 75.6 Å². The van der Waals surface area contributed by atoms with Gasteiger partial charge >= 0.3 is 0 Å². The summed E-state index contributed by atoms with van der Waals surface area (Å²) in [6.07, 6.45) is 5.64. The fourth-order valence-electron chi connectivity index (χ4n) is 1.99. The molecule has 0 aromatic heterocycles. The van der Waals surface area contributed by atoms with Crippen molar-refractivity contribution in [3.05, 3.63) is 20.8 Å². The molecular formula is C17H29BrI2N2OSi. The fraction of sp³-hybridized carbons (Fsp3) is 0.647. The van der Waals surface area contributed by atoms with Crippen molar-refractivity contribution in [3.8, 4) is 0 Å². The van der Waals surface area contributed by atoms with Crippen LogP contribution in [0.4, 0.5) is 0 Å². The molecule has 0 amide bonds. The molecule has 138 valence electrons. The highest BCUT2D eigenvalue weighted by molar-refractivity contribution is 14.2. The van der Waals surface area contributed by atoms with Gasteiger partial charge < -0.3 is 9.64 Å². The zero-order valence-electron chi connectivity index (χ0n) is 15.2. The number of amidine groups is 1. The molecule has 0 spiro atoms. The lowest BCUT2D eigenvalue weighted by Gasteiger charge is -2.23. The van der Waals surface area contributed by atoms with Crippen molar-refractivity contribution >= 4 is 76.8 Å². The predicted octanol–water partition coefficient (Wildman–Crippen LogP) is 6.49. The molecule has 1 heterocycles. The van der Waals surface area contributed by atoms with E-state index in [1.54, 1.807) is 0 Å². The molecule has 0 N–H and O–H groups in total. The van der Waals surface area contributed by atoms with Crippen LogP contribution in [0.25, 0.3) is 0 Å². The second kappa shape index (κ2) is 11.6. The van der Waals surface area contributed by atoms with Crippen LogP contribution in [-0.4, -0.2) is 40.2 Å². The lowest BCUT2D eigenvalue weighted by Crippen LogP contribution is -2.35. The molecule has 7 heteroatoms. The summed E-state index contributed by atoms with van der Waals surface area (Å²) in [7, 11) is -1.05. The van der Waals surface area contributed by atoms with Gasteiger partial charge in [-0.3, -0.25) is 0 Å². The summed E-state index contributed by atoms with van der Waals surface area (Å²) in [4.78, 5) is 7.01. The Labute approximate surface area is 180 Å². The summed E-state index contributed by atoms with van der Waals surface area (Å²) in [5, 5.41) is 0. The monoisotopic (exact) mass is 638 g/mol. The highest BCUT2D eigenvalue weighted by Gasteiger charge is 2.26. The van der Waals surface area contributed by atoms with E-state index in [0.29, 0.717) is 6.73 Å². The maximum atomic E-state index is 6.02. The highest BCUT2D eigenvalue weighted by atomic mass is 127. The molecule has 0 aliphatic carbocycles. The minimum Gasteiger partial charge on any atom is -0.361 e. The number of aliphatic imine (C=N–C) groups is 1. The van der Waals surface area contributed by atoms with Crippen molar-refractivity contribution in [2.45, 2.75) is 51.9 Å². The molecular weight excluding hydrogens is 610 g/mol. The van der Waals surface area contributed by atoms with Gasteiger partial charge in [0, 0.05) is 18.3 Å². The Bertz CT molecular complexity index is 527. The van der Waals surface area contributed by atoms with E-state index in [2.05, 4.69) is 69.6 Å². The van der Waals surface area contributed by atoms with Gasteiger partial charge in [0.2, 0.25) is 0 Å². The van der Waals surface area contributed by atoms with Crippen LogP contribution < -0.4 is 0 Å². The van der Waals surface area contributed by atoms with Crippen LogP contribution in [0.2, 0.25) is 25.7 Å². The zero-order chi connectivity index (χ0) is 18.2. The van der Waals surface area contributed by atoms with Gasteiger partial charge in [0.25, 0.3) is 0 Å². The standard InChI is InChI=1S/C17H29BrI2N2OSi/c1-6-15(18)21-17-14(2)20-16(9-7-8-10-19)22(17)13-23-11-12-24(3,4)5/h6H,2,7-13H2,1,3-5H3/b15-6-,21-17?. The number of hydrogen-bond donors (Lipinski definition) is 0. The number of hydrogen-bond acceptors (Lipinski definition) is 2. The summed E-state index contributed by atoms with van der Waals surface area (Å²) >= 11 is 5.79. The molecule has 1 aliphatic heterocycles. The number of alkyl halides is 1. The van der Waals surface area contributed by atoms with Gasteiger partial charge in [-0.25, -0.2) is 4.99 Å². The molecule has 3 nitrogen and oxygen atoms in total. The molecule has 24 heavy (non-hydrogen) atoms. The Hall–Kier alpha value is 0.937. The summed E-state index contributed by atoms with van der Waals surface area (Å²) in [6, 6.07) is 1.20. The molecule has 0 radical (unpaired) electrons. The molecule has 0 saturated carbocycles. The third-order valence-corrected chi connectivity index (χ3v) is 9.43. The van der Waals surface area contributed by atoms with Crippen molar-refractivity contribution in [1.82, 2.24) is 4.90 Å². The largest absolute Gasteiger partial charge is 0.361 e. The normalized spacial score (nSPS) is 18.2. The molecule has 1 rings (SSSR count). The fourth-order valence-corrected chi connectivity index (χ4v) is 6.16. The Morgan fingerprint density at radius 2 is 2.12 bits per heavy atom. The van der Waals surface area contributed by atoms with Crippen LogP contribution >= 0.6 is 59.3 Å². The number of nitrogens with zero attached hydrogens (tertiary/aromatic N) is 2. The lowest BCUT2D eigenvalue weighted by atomic mass is 10.2. The smallest absolute Gasteiger partial charge is 0.148 e. The number of unbranched alkanes of at least 4 members (excludes halogenated alkanes) is 1. The van der Waals surface area contributed by atoms with Crippen LogP contribution in [0.5, 0.6) is 0 Å². The lowest BCUT2D eigenvalue weighted by molar-refractivity contribution is 0.102. The molecule has 0 saturated heterocycles. The average Bonchev–Trinajstić information content (AvgIpc) is 2.79. The maximum Gasteiger partial charge on any atom is 0.148 e. The van der Waals surface area contributed by atoms with Crippen molar-refractivity contribution in [2.75, 3.05) is 17.8 Å². The van der Waals surface area contributed by atoms with Gasteiger partial charge in [-0.15, -0.1) is 0 Å². The first-order valence-electron chi connectivity index (χ1n) is 8.30. The molecule has 0 aromatic carbocycles. The second-order valence-corrected chi connectivity index (χ2v) is 17.4. The van der Waals surface area contributed by atoms with E-state index < -0.39 is 8.07 Å². The van der Waals surface area contributed by atoms with E-state index in [0.717, 1.165) is 23.5 Å². The van der Waals surface area contributed by atoms with Crippen LogP contribution in [0.15, 0.2) is 25.8 Å². The van der Waals surface area contributed by atoms with Crippen LogP contribution in [0.1, 0.15) is 26.2 Å². The average molecular weight is 639 g/mol. The summed E-state index contributed by atoms with van der Waals surface area (Å²) < 4.78 is 10.8. The molecule has 1 aliphatic rings. The van der Waals surface area contributed by atoms with Gasteiger partial charge in [0.1, 0.15) is 17.2 Å². The molecule has 0 aromatic rings. The molecule has 0 bridgehead atoms. The van der Waals surface area contributed by atoms with Crippen molar-refractivity contribution in [2.24, 2.45) is 4.99 Å². The molecule has 0 unspecified atom stereocenters. The molecule has 0 atom stereocenters. The maximum absolute atomic E-state index is 6.02. The number of allylic oxidation sites excluding steroid dienone is 1. The van der Waals surface area contributed by atoms with Crippen LogP contribution in [0.3, 0.4) is 0 Å². The van der Waals surface area contributed by atoms with Crippen molar-refractivity contribution in [3.63, 3.8) is 0 Å². The van der Waals surface area contributed by atoms with Gasteiger partial charge in [-0.2, -0.15) is 0 Å². The van der Waals surface area contributed by atoms with E-state index in [-0.39, 0.29) is 20.7 Å². The van der Waals surface area contributed by atoms with Crippen LogP contribution in [-0.2, 0) is 4.74 Å². The van der Waals surface area contributed by atoms with E-state index in [1.165, 1.54) is 30.5 Å². The number of rotatable bonds is 10. The highest BCUT2D eigenvalue weighted by Crippen LogP contribution is 2.31.